The molecule has 0 unspecified atom stereocenters. The summed E-state index contributed by atoms with van der Waals surface area (Å²) in [5, 5.41) is 8.84. The van der Waals surface area contributed by atoms with Crippen LogP contribution < -0.4 is 0 Å². The predicted molar refractivity (Wildman–Crippen MR) is 43.2 cm³/mol. The zero-order chi connectivity index (χ0) is 7.68. The number of hydrogen-bond acceptors (Lipinski definition) is 1. The van der Waals surface area contributed by atoms with E-state index in [4.69, 9.17) is 5.11 Å². The minimum Gasteiger partial charge on any atom is -0.392 e. The molecule has 2 rings (SSSR count). The second-order valence-electron chi connectivity index (χ2n) is 3.11. The first-order valence-electron chi connectivity index (χ1n) is 4.01. The van der Waals surface area contributed by atoms with Crippen LogP contribution in [0.2, 0.25) is 0 Å². The number of rotatable bonds is 2. The van der Waals surface area contributed by atoms with Gasteiger partial charge in [0.25, 0.3) is 0 Å². The average Bonchev–Trinajstić information content (AvgIpc) is 2.87. The highest BCUT2D eigenvalue weighted by Gasteiger charge is 2.23. The minimum atomic E-state index is 0.136. The van der Waals surface area contributed by atoms with E-state index in [-0.39, 0.29) is 6.61 Å². The molecule has 1 radical (unpaired) electrons. The van der Waals surface area contributed by atoms with Gasteiger partial charge in [-0.3, -0.25) is 0 Å². The van der Waals surface area contributed by atoms with Gasteiger partial charge in [-0.25, -0.2) is 0 Å². The van der Waals surface area contributed by atoms with Gasteiger partial charge in [0.05, 0.1) is 6.61 Å². The highest BCUT2D eigenvalue weighted by Crippen LogP contribution is 2.39. The Morgan fingerprint density at radius 2 is 2.27 bits per heavy atom. The molecule has 0 bridgehead atoms. The zero-order valence-electron chi connectivity index (χ0n) is 6.38. The van der Waals surface area contributed by atoms with Crippen molar-refractivity contribution in [2.75, 3.05) is 0 Å². The Balaban J connectivity index is 2.26. The zero-order valence-corrected chi connectivity index (χ0v) is 6.38. The van der Waals surface area contributed by atoms with Crippen molar-refractivity contribution in [2.24, 2.45) is 0 Å². The van der Waals surface area contributed by atoms with Crippen molar-refractivity contribution in [3.05, 3.63) is 35.4 Å². The second kappa shape index (κ2) is 2.67. The third-order valence-corrected chi connectivity index (χ3v) is 2.10. The quantitative estimate of drug-likeness (QED) is 0.677. The molecule has 11 heavy (non-hydrogen) atoms. The lowest BCUT2D eigenvalue weighted by atomic mass is 10.1. The van der Waals surface area contributed by atoms with Crippen LogP contribution in [0.25, 0.3) is 0 Å². The second-order valence-corrected chi connectivity index (χ2v) is 3.11. The summed E-state index contributed by atoms with van der Waals surface area (Å²) in [6.45, 7) is 0.136. The monoisotopic (exact) mass is 147 g/mol. The number of aliphatic hydroxyl groups is 1. The summed E-state index contributed by atoms with van der Waals surface area (Å²) in [7, 11) is 0. The van der Waals surface area contributed by atoms with Gasteiger partial charge in [0, 0.05) is 0 Å². The normalized spacial score (nSPS) is 16.8. The Morgan fingerprint density at radius 3 is 2.91 bits per heavy atom. The number of aliphatic hydroxyl groups excluding tert-OH is 1. The molecule has 57 valence electrons. The van der Waals surface area contributed by atoms with Crippen LogP contribution in [-0.4, -0.2) is 5.11 Å². The molecule has 0 aliphatic heterocycles. The molecular formula is C10H11O. The molecule has 1 aromatic carbocycles. The van der Waals surface area contributed by atoms with E-state index < -0.39 is 0 Å². The molecule has 1 nitrogen and oxygen atoms in total. The Hall–Kier alpha value is -0.820. The van der Waals surface area contributed by atoms with Crippen LogP contribution in [0.1, 0.15) is 29.9 Å². The van der Waals surface area contributed by atoms with Gasteiger partial charge in [-0.2, -0.15) is 0 Å². The van der Waals surface area contributed by atoms with E-state index in [1.807, 2.05) is 12.1 Å². The van der Waals surface area contributed by atoms with Crippen LogP contribution in [0.3, 0.4) is 0 Å². The molecule has 1 heteroatoms. The van der Waals surface area contributed by atoms with Crippen molar-refractivity contribution in [1.29, 1.82) is 0 Å². The molecule has 0 atom stereocenters. The maximum atomic E-state index is 8.84. The van der Waals surface area contributed by atoms with Crippen molar-refractivity contribution in [3.8, 4) is 0 Å². The van der Waals surface area contributed by atoms with E-state index in [0.717, 1.165) is 11.5 Å². The summed E-state index contributed by atoms with van der Waals surface area (Å²) in [6, 6.07) is 8.98. The lowest BCUT2D eigenvalue weighted by Gasteiger charge is -1.99. The number of hydrogen-bond donors (Lipinski definition) is 1. The third-order valence-electron chi connectivity index (χ3n) is 2.10. The van der Waals surface area contributed by atoms with Gasteiger partial charge in [0.15, 0.2) is 0 Å². The molecule has 0 saturated heterocycles. The van der Waals surface area contributed by atoms with Gasteiger partial charge in [-0.1, -0.05) is 12.1 Å². The summed E-state index contributed by atoms with van der Waals surface area (Å²) < 4.78 is 0. The lowest BCUT2D eigenvalue weighted by Crippen LogP contribution is -1.85. The molecule has 0 aromatic heterocycles. The van der Waals surface area contributed by atoms with E-state index in [2.05, 4.69) is 12.1 Å². The molecule has 1 saturated carbocycles. The van der Waals surface area contributed by atoms with Gasteiger partial charge in [0.1, 0.15) is 0 Å². The standard InChI is InChI=1S/C10H11O/c11-7-8-2-1-3-10(6-8)9-4-5-9/h2-3,6,9,11H,4-5,7H2. The van der Waals surface area contributed by atoms with Gasteiger partial charge in [-0.05, 0) is 42.0 Å². The fourth-order valence-electron chi connectivity index (χ4n) is 1.29. The molecule has 0 heterocycles. The average molecular weight is 147 g/mol. The van der Waals surface area contributed by atoms with Gasteiger partial charge < -0.3 is 5.11 Å². The summed E-state index contributed by atoms with van der Waals surface area (Å²) in [5.41, 5.74) is 2.32. The van der Waals surface area contributed by atoms with Crippen LogP contribution in [0, 0.1) is 6.07 Å². The highest BCUT2D eigenvalue weighted by atomic mass is 16.3. The Kier molecular flexibility index (Phi) is 1.66. The van der Waals surface area contributed by atoms with Crippen molar-refractivity contribution in [1.82, 2.24) is 0 Å². The summed E-state index contributed by atoms with van der Waals surface area (Å²) >= 11 is 0. The largest absolute Gasteiger partial charge is 0.392 e. The number of benzene rings is 1. The lowest BCUT2D eigenvalue weighted by molar-refractivity contribution is 0.281. The van der Waals surface area contributed by atoms with Gasteiger partial charge in [-0.15, -0.1) is 0 Å². The Bertz CT molecular complexity index is 251. The first kappa shape index (κ1) is 6.86. The van der Waals surface area contributed by atoms with Gasteiger partial charge in [0.2, 0.25) is 0 Å². The summed E-state index contributed by atoms with van der Waals surface area (Å²) in [6.07, 6.45) is 2.62. The highest BCUT2D eigenvalue weighted by molar-refractivity contribution is 5.27. The topological polar surface area (TPSA) is 20.2 Å². The molecule has 1 fully saturated rings. The third kappa shape index (κ3) is 1.43. The van der Waals surface area contributed by atoms with Crippen LogP contribution in [0.15, 0.2) is 18.2 Å². The summed E-state index contributed by atoms with van der Waals surface area (Å²) in [4.78, 5) is 0. The van der Waals surface area contributed by atoms with E-state index in [0.29, 0.717) is 0 Å². The van der Waals surface area contributed by atoms with Crippen LogP contribution in [0.4, 0.5) is 0 Å². The van der Waals surface area contributed by atoms with E-state index in [1.165, 1.54) is 18.4 Å². The first-order chi connectivity index (χ1) is 5.40. The SMILES string of the molecule is OCc1c[c]cc(C2CC2)c1. The summed E-state index contributed by atoms with van der Waals surface area (Å²) in [5.74, 6) is 0.762. The smallest absolute Gasteiger partial charge is 0.0682 e. The minimum absolute atomic E-state index is 0.136. The predicted octanol–water partition coefficient (Wildman–Crippen LogP) is 1.86. The van der Waals surface area contributed by atoms with Crippen molar-refractivity contribution in [2.45, 2.75) is 25.4 Å². The van der Waals surface area contributed by atoms with Crippen molar-refractivity contribution in [3.63, 3.8) is 0 Å². The van der Waals surface area contributed by atoms with Crippen LogP contribution in [-0.2, 0) is 6.61 Å². The van der Waals surface area contributed by atoms with Gasteiger partial charge >= 0.3 is 0 Å². The van der Waals surface area contributed by atoms with Crippen LogP contribution in [0.5, 0.6) is 0 Å². The molecule has 1 aliphatic rings. The maximum Gasteiger partial charge on any atom is 0.0682 e. The maximum absolute atomic E-state index is 8.84. The molecular weight excluding hydrogens is 136 g/mol. The van der Waals surface area contributed by atoms with E-state index >= 15 is 0 Å². The first-order valence-corrected chi connectivity index (χ1v) is 4.01. The van der Waals surface area contributed by atoms with E-state index in [9.17, 15) is 0 Å². The van der Waals surface area contributed by atoms with Crippen molar-refractivity contribution >= 4 is 0 Å². The fraction of sp³-hybridized carbons (Fsp3) is 0.400. The molecule has 1 aliphatic carbocycles. The van der Waals surface area contributed by atoms with Crippen molar-refractivity contribution < 1.29 is 5.11 Å². The Labute approximate surface area is 66.7 Å². The van der Waals surface area contributed by atoms with Crippen LogP contribution >= 0.6 is 0 Å². The Morgan fingerprint density at radius 1 is 1.45 bits per heavy atom. The molecule has 1 N–H and O–H groups in total. The molecule has 0 spiro atoms. The molecule has 0 amide bonds. The molecule has 1 aromatic rings. The van der Waals surface area contributed by atoms with E-state index in [1.54, 1.807) is 0 Å². The fourth-order valence-corrected chi connectivity index (χ4v) is 1.29.